The summed E-state index contributed by atoms with van der Waals surface area (Å²) >= 11 is 8.47. The number of rotatable bonds is 4. The van der Waals surface area contributed by atoms with E-state index in [1.165, 1.54) is 18.2 Å². The number of amides is 1. The zero-order valence-electron chi connectivity index (χ0n) is 10.9. The molecule has 0 fully saturated rings. The lowest BCUT2D eigenvalue weighted by Crippen LogP contribution is -2.62. The minimum absolute atomic E-state index is 0.118. The maximum atomic E-state index is 12.9. The topological polar surface area (TPSA) is 75.6 Å². The number of ether oxygens (including phenoxy) is 1. The summed E-state index contributed by atoms with van der Waals surface area (Å²) in [6.07, 6.45) is -5.50. The Hall–Kier alpha value is -1.32. The molecule has 1 amide bonds. The molecule has 0 aliphatic carbocycles. The van der Waals surface area contributed by atoms with Crippen LogP contribution in [0.5, 0.6) is 0 Å². The van der Waals surface area contributed by atoms with Crippen molar-refractivity contribution in [1.29, 1.82) is 0 Å². The third-order valence-electron chi connectivity index (χ3n) is 2.66. The van der Waals surface area contributed by atoms with Gasteiger partial charge >= 0.3 is 12.1 Å². The molecule has 0 aliphatic heterocycles. The van der Waals surface area contributed by atoms with Crippen LogP contribution in [0.3, 0.4) is 0 Å². The summed E-state index contributed by atoms with van der Waals surface area (Å²) in [7, 11) is 0.633. The second kappa shape index (κ2) is 6.84. The van der Waals surface area contributed by atoms with Gasteiger partial charge in [0.05, 0.1) is 12.8 Å². The summed E-state index contributed by atoms with van der Waals surface area (Å²) in [6, 6.07) is 6.03. The van der Waals surface area contributed by atoms with Gasteiger partial charge in [0.25, 0.3) is 5.60 Å². The van der Waals surface area contributed by atoms with Crippen LogP contribution in [-0.2, 0) is 14.3 Å². The Bertz CT molecular complexity index is 584. The highest BCUT2D eigenvalue weighted by Crippen LogP contribution is 2.37. The van der Waals surface area contributed by atoms with Crippen molar-refractivity contribution in [2.24, 2.45) is 0 Å². The molecule has 0 heterocycles. The van der Waals surface area contributed by atoms with E-state index in [-0.39, 0.29) is 5.69 Å². The number of anilines is 1. The molecule has 1 aromatic rings. The number of carbonyl (C=O) groups is 2. The Morgan fingerprint density at radius 3 is 2.36 bits per heavy atom. The molecule has 0 aromatic heterocycles. The van der Waals surface area contributed by atoms with Gasteiger partial charge in [-0.2, -0.15) is 13.2 Å². The zero-order chi connectivity index (χ0) is 17.1. The van der Waals surface area contributed by atoms with Gasteiger partial charge in [0.1, 0.15) is 0 Å². The number of esters is 1. The largest absolute Gasteiger partial charge is 0.467 e. The number of benzene rings is 1. The number of halogens is 5. The average Bonchev–Trinajstić information content (AvgIpc) is 2.45. The number of methoxy groups -OCH3 is 1. The molecule has 0 radical (unpaired) electrons. The molecule has 1 rings (SSSR count). The summed E-state index contributed by atoms with van der Waals surface area (Å²) in [5, 5.41) is 9.03. The molecule has 2 atom stereocenters. The van der Waals surface area contributed by atoms with Crippen molar-refractivity contribution in [3.63, 3.8) is 0 Å². The Kier molecular flexibility index (Phi) is 5.82. The van der Waals surface area contributed by atoms with Gasteiger partial charge in [-0.3, -0.25) is 4.79 Å². The minimum atomic E-state index is -5.50. The van der Waals surface area contributed by atoms with E-state index in [2.05, 4.69) is 26.0 Å². The highest BCUT2D eigenvalue weighted by molar-refractivity contribution is 9.10. The lowest BCUT2D eigenvalue weighted by Gasteiger charge is -2.30. The van der Waals surface area contributed by atoms with E-state index in [4.69, 9.17) is 11.6 Å². The number of nitrogens with one attached hydrogen (secondary N) is 1. The number of carbonyl (C=O) groups excluding carboxylic acids is 2. The first kappa shape index (κ1) is 18.7. The first-order chi connectivity index (χ1) is 10.1. The standard InChI is InChI=1S/C12H10BrClF3NO4/c1-22-10(20)11(21,12(15,16)17)8(14)9(19)18-7-5-3-2-4-6(7)13/h2-5,8,21H,1H3,(H,18,19)/t8-,11+/m0/s1. The molecular formula is C12H10BrClF3NO4. The molecule has 2 N–H and O–H groups in total. The fraction of sp³-hybridized carbons (Fsp3) is 0.333. The molecule has 10 heteroatoms. The normalized spacial score (nSPS) is 15.6. The van der Waals surface area contributed by atoms with Crippen molar-refractivity contribution in [1.82, 2.24) is 0 Å². The maximum absolute atomic E-state index is 12.9. The number of hydrogen-bond donors (Lipinski definition) is 2. The van der Waals surface area contributed by atoms with E-state index in [0.717, 1.165) is 0 Å². The van der Waals surface area contributed by atoms with E-state index in [1.807, 2.05) is 0 Å². The van der Waals surface area contributed by atoms with Crippen LogP contribution < -0.4 is 5.32 Å². The molecule has 0 bridgehead atoms. The summed E-state index contributed by atoms with van der Waals surface area (Å²) in [4.78, 5) is 23.1. The van der Waals surface area contributed by atoms with Gasteiger partial charge in [-0.25, -0.2) is 4.79 Å². The first-order valence-electron chi connectivity index (χ1n) is 5.62. The van der Waals surface area contributed by atoms with E-state index >= 15 is 0 Å². The van der Waals surface area contributed by atoms with Crippen LogP contribution in [0.25, 0.3) is 0 Å². The van der Waals surface area contributed by atoms with Crippen molar-refractivity contribution in [2.75, 3.05) is 12.4 Å². The number of aliphatic hydroxyl groups is 1. The molecule has 122 valence electrons. The summed E-state index contributed by atoms with van der Waals surface area (Å²) in [5.74, 6) is -3.50. The quantitative estimate of drug-likeness (QED) is 0.597. The minimum Gasteiger partial charge on any atom is -0.467 e. The lowest BCUT2D eigenvalue weighted by atomic mass is 9.98. The van der Waals surface area contributed by atoms with Crippen molar-refractivity contribution in [3.05, 3.63) is 28.7 Å². The molecule has 0 unspecified atom stereocenters. The Morgan fingerprint density at radius 2 is 1.91 bits per heavy atom. The smallest absolute Gasteiger partial charge is 0.430 e. The zero-order valence-corrected chi connectivity index (χ0v) is 13.3. The second-order valence-electron chi connectivity index (χ2n) is 4.09. The predicted octanol–water partition coefficient (Wildman–Crippen LogP) is 2.46. The predicted molar refractivity (Wildman–Crippen MR) is 75.4 cm³/mol. The first-order valence-corrected chi connectivity index (χ1v) is 6.85. The third-order valence-corrected chi connectivity index (χ3v) is 3.86. The van der Waals surface area contributed by atoms with Gasteiger partial charge in [0.2, 0.25) is 5.91 Å². The van der Waals surface area contributed by atoms with Crippen LogP contribution in [0, 0.1) is 0 Å². The van der Waals surface area contributed by atoms with Crippen molar-refractivity contribution in [2.45, 2.75) is 17.2 Å². The van der Waals surface area contributed by atoms with Gasteiger partial charge in [-0.1, -0.05) is 12.1 Å². The van der Waals surface area contributed by atoms with Crippen LogP contribution >= 0.6 is 27.5 Å². The van der Waals surface area contributed by atoms with Crippen LogP contribution in [0.15, 0.2) is 28.7 Å². The summed E-state index contributed by atoms with van der Waals surface area (Å²) in [6.45, 7) is 0. The maximum Gasteiger partial charge on any atom is 0.430 e. The molecular weight excluding hydrogens is 394 g/mol. The van der Waals surface area contributed by atoms with E-state index in [1.54, 1.807) is 6.07 Å². The van der Waals surface area contributed by atoms with E-state index in [0.29, 0.717) is 11.6 Å². The Labute approximate surface area is 136 Å². The molecule has 0 aliphatic rings. The SMILES string of the molecule is COC(=O)[C@](O)([C@@H](Cl)C(=O)Nc1ccccc1Br)C(F)(F)F. The molecule has 0 saturated carbocycles. The van der Waals surface area contributed by atoms with Crippen LogP contribution in [-0.4, -0.2) is 41.2 Å². The van der Waals surface area contributed by atoms with Crippen molar-refractivity contribution >= 4 is 45.1 Å². The van der Waals surface area contributed by atoms with Gasteiger partial charge in [-0.15, -0.1) is 11.6 Å². The lowest BCUT2D eigenvalue weighted by molar-refractivity contribution is -0.260. The Morgan fingerprint density at radius 1 is 1.36 bits per heavy atom. The summed E-state index contributed by atoms with van der Waals surface area (Å²) in [5.41, 5.74) is -4.05. The van der Waals surface area contributed by atoms with E-state index < -0.39 is 29.0 Å². The third kappa shape index (κ3) is 3.53. The fourth-order valence-corrected chi connectivity index (χ4v) is 2.12. The van der Waals surface area contributed by atoms with Crippen LogP contribution in [0.1, 0.15) is 0 Å². The van der Waals surface area contributed by atoms with E-state index in [9.17, 15) is 27.9 Å². The number of para-hydroxylation sites is 1. The number of alkyl halides is 4. The van der Waals surface area contributed by atoms with Gasteiger partial charge in [0, 0.05) is 4.47 Å². The summed E-state index contributed by atoms with van der Waals surface area (Å²) < 4.78 is 43.1. The molecule has 0 spiro atoms. The highest BCUT2D eigenvalue weighted by Gasteiger charge is 2.67. The molecule has 5 nitrogen and oxygen atoms in total. The van der Waals surface area contributed by atoms with Gasteiger partial charge < -0.3 is 15.2 Å². The highest BCUT2D eigenvalue weighted by atomic mass is 79.9. The molecule has 0 saturated heterocycles. The Balaban J connectivity index is 3.10. The average molecular weight is 405 g/mol. The second-order valence-corrected chi connectivity index (χ2v) is 5.38. The van der Waals surface area contributed by atoms with Crippen LogP contribution in [0.2, 0.25) is 0 Å². The fourth-order valence-electron chi connectivity index (χ4n) is 1.47. The van der Waals surface area contributed by atoms with Crippen molar-refractivity contribution < 1.29 is 32.6 Å². The number of hydrogen-bond acceptors (Lipinski definition) is 4. The monoisotopic (exact) mass is 403 g/mol. The van der Waals surface area contributed by atoms with Gasteiger partial charge in [-0.05, 0) is 28.1 Å². The molecule has 22 heavy (non-hydrogen) atoms. The molecule has 1 aromatic carbocycles. The van der Waals surface area contributed by atoms with Crippen LogP contribution in [0.4, 0.5) is 18.9 Å². The van der Waals surface area contributed by atoms with Gasteiger partial charge in [0.15, 0.2) is 5.38 Å². The van der Waals surface area contributed by atoms with Crippen molar-refractivity contribution in [3.8, 4) is 0 Å².